The van der Waals surface area contributed by atoms with Crippen molar-refractivity contribution in [3.05, 3.63) is 64.2 Å². The Morgan fingerprint density at radius 2 is 1.70 bits per heavy atom. The largest absolute Gasteiger partial charge is 0.322 e. The monoisotopic (exact) mass is 287 g/mol. The van der Waals surface area contributed by atoms with Gasteiger partial charge in [-0.05, 0) is 49.7 Å². The van der Waals surface area contributed by atoms with Crippen LogP contribution in [0.4, 0.5) is 5.69 Å². The first kappa shape index (κ1) is 14.3. The Kier molecular flexibility index (Phi) is 4.20. The summed E-state index contributed by atoms with van der Waals surface area (Å²) in [7, 11) is 0. The molecule has 3 nitrogen and oxygen atoms in total. The molecule has 0 aliphatic heterocycles. The molecule has 2 rings (SSSR count). The predicted octanol–water partition coefficient (Wildman–Crippen LogP) is 4.10. The zero-order chi connectivity index (χ0) is 14.7. The Labute approximate surface area is 122 Å². The van der Waals surface area contributed by atoms with Crippen molar-refractivity contribution in [1.29, 1.82) is 0 Å². The summed E-state index contributed by atoms with van der Waals surface area (Å²) in [5, 5.41) is 3.21. The van der Waals surface area contributed by atoms with Crippen molar-refractivity contribution in [2.24, 2.45) is 0 Å². The first-order valence-electron chi connectivity index (χ1n) is 6.16. The number of nitrogens with one attached hydrogen (secondary N) is 1. The van der Waals surface area contributed by atoms with E-state index in [9.17, 15) is 9.59 Å². The van der Waals surface area contributed by atoms with Gasteiger partial charge in [-0.2, -0.15) is 0 Å². The van der Waals surface area contributed by atoms with E-state index in [1.807, 2.05) is 13.0 Å². The number of Topliss-reactive ketones (excluding diaryl/α,β-unsaturated/α-hetero) is 1. The molecule has 20 heavy (non-hydrogen) atoms. The number of halogens is 1. The van der Waals surface area contributed by atoms with E-state index in [0.29, 0.717) is 21.8 Å². The van der Waals surface area contributed by atoms with E-state index >= 15 is 0 Å². The fourth-order valence-corrected chi connectivity index (χ4v) is 2.02. The molecule has 0 heterocycles. The van der Waals surface area contributed by atoms with Gasteiger partial charge in [0.1, 0.15) is 0 Å². The standard InChI is InChI=1S/C16H14ClNO2/c1-10-4-3-5-14(15(10)17)16(20)18-13-8-6-12(7-9-13)11(2)19/h3-9H,1-2H3,(H,18,20). The lowest BCUT2D eigenvalue weighted by atomic mass is 10.1. The number of carbonyl (C=O) groups excluding carboxylic acids is 2. The molecule has 0 saturated heterocycles. The van der Waals surface area contributed by atoms with Gasteiger partial charge in [-0.3, -0.25) is 9.59 Å². The van der Waals surface area contributed by atoms with Crippen LogP contribution in [0.3, 0.4) is 0 Å². The SMILES string of the molecule is CC(=O)c1ccc(NC(=O)c2cccc(C)c2Cl)cc1. The van der Waals surface area contributed by atoms with E-state index in [2.05, 4.69) is 5.32 Å². The summed E-state index contributed by atoms with van der Waals surface area (Å²) in [6, 6.07) is 12.0. The smallest absolute Gasteiger partial charge is 0.257 e. The molecule has 1 amide bonds. The summed E-state index contributed by atoms with van der Waals surface area (Å²) in [5.74, 6) is -0.279. The van der Waals surface area contributed by atoms with Gasteiger partial charge < -0.3 is 5.32 Å². The molecule has 0 aliphatic carbocycles. The minimum absolute atomic E-state index is 0.00962. The van der Waals surface area contributed by atoms with Crippen LogP contribution in [0.2, 0.25) is 5.02 Å². The zero-order valence-electron chi connectivity index (χ0n) is 11.2. The normalized spacial score (nSPS) is 10.2. The summed E-state index contributed by atoms with van der Waals surface area (Å²) >= 11 is 6.12. The van der Waals surface area contributed by atoms with Crippen molar-refractivity contribution < 1.29 is 9.59 Å². The quantitative estimate of drug-likeness (QED) is 0.864. The molecular weight excluding hydrogens is 274 g/mol. The third-order valence-electron chi connectivity index (χ3n) is 2.99. The lowest BCUT2D eigenvalue weighted by Gasteiger charge is -2.08. The third-order valence-corrected chi connectivity index (χ3v) is 3.49. The molecule has 0 unspecified atom stereocenters. The minimum Gasteiger partial charge on any atom is -0.322 e. The molecule has 0 aliphatic rings. The van der Waals surface area contributed by atoms with E-state index in [0.717, 1.165) is 5.56 Å². The Morgan fingerprint density at radius 1 is 1.05 bits per heavy atom. The number of aryl methyl sites for hydroxylation is 1. The fraction of sp³-hybridized carbons (Fsp3) is 0.125. The molecular formula is C16H14ClNO2. The van der Waals surface area contributed by atoms with Crippen LogP contribution in [-0.4, -0.2) is 11.7 Å². The van der Waals surface area contributed by atoms with Gasteiger partial charge in [0.2, 0.25) is 0 Å². The van der Waals surface area contributed by atoms with Gasteiger partial charge in [-0.25, -0.2) is 0 Å². The van der Waals surface area contributed by atoms with E-state index in [1.165, 1.54) is 6.92 Å². The first-order valence-corrected chi connectivity index (χ1v) is 6.54. The Balaban J connectivity index is 2.19. The van der Waals surface area contributed by atoms with Gasteiger partial charge in [-0.15, -0.1) is 0 Å². The number of amides is 1. The van der Waals surface area contributed by atoms with E-state index in [-0.39, 0.29) is 11.7 Å². The summed E-state index contributed by atoms with van der Waals surface area (Å²) in [4.78, 5) is 23.3. The predicted molar refractivity (Wildman–Crippen MR) is 80.6 cm³/mol. The van der Waals surface area contributed by atoms with Crippen molar-refractivity contribution in [2.45, 2.75) is 13.8 Å². The number of rotatable bonds is 3. The molecule has 0 fully saturated rings. The summed E-state index contributed by atoms with van der Waals surface area (Å²) < 4.78 is 0. The van der Waals surface area contributed by atoms with Gasteiger partial charge in [0.25, 0.3) is 5.91 Å². The van der Waals surface area contributed by atoms with Crippen LogP contribution in [0.5, 0.6) is 0 Å². The molecule has 102 valence electrons. The molecule has 2 aromatic carbocycles. The van der Waals surface area contributed by atoms with Crippen LogP contribution < -0.4 is 5.32 Å². The first-order chi connectivity index (χ1) is 9.49. The highest BCUT2D eigenvalue weighted by Gasteiger charge is 2.11. The number of hydrogen-bond donors (Lipinski definition) is 1. The molecule has 4 heteroatoms. The molecule has 1 N–H and O–H groups in total. The number of hydrogen-bond acceptors (Lipinski definition) is 2. The van der Waals surface area contributed by atoms with Crippen molar-refractivity contribution >= 4 is 29.0 Å². The van der Waals surface area contributed by atoms with Crippen LogP contribution in [0, 0.1) is 6.92 Å². The molecule has 2 aromatic rings. The third kappa shape index (κ3) is 3.06. The highest BCUT2D eigenvalue weighted by molar-refractivity contribution is 6.35. The number of anilines is 1. The molecule has 0 bridgehead atoms. The van der Waals surface area contributed by atoms with Gasteiger partial charge in [0.05, 0.1) is 10.6 Å². The van der Waals surface area contributed by atoms with Crippen LogP contribution in [0.25, 0.3) is 0 Å². The van der Waals surface area contributed by atoms with Crippen LogP contribution in [-0.2, 0) is 0 Å². The second-order valence-corrected chi connectivity index (χ2v) is 4.90. The molecule has 0 atom stereocenters. The van der Waals surface area contributed by atoms with Crippen LogP contribution in [0.1, 0.15) is 33.2 Å². The molecule has 0 spiro atoms. The van der Waals surface area contributed by atoms with E-state index in [4.69, 9.17) is 11.6 Å². The van der Waals surface area contributed by atoms with Gasteiger partial charge >= 0.3 is 0 Å². The van der Waals surface area contributed by atoms with Crippen molar-refractivity contribution in [1.82, 2.24) is 0 Å². The van der Waals surface area contributed by atoms with Gasteiger partial charge in [0, 0.05) is 11.3 Å². The second-order valence-electron chi connectivity index (χ2n) is 4.52. The van der Waals surface area contributed by atoms with Gasteiger partial charge in [0.15, 0.2) is 5.78 Å². The average Bonchev–Trinajstić information content (AvgIpc) is 2.42. The Bertz CT molecular complexity index is 663. The Hall–Kier alpha value is -2.13. The number of ketones is 1. The lowest BCUT2D eigenvalue weighted by molar-refractivity contribution is 0.101. The maximum atomic E-state index is 12.1. The van der Waals surface area contributed by atoms with Crippen molar-refractivity contribution in [2.75, 3.05) is 5.32 Å². The van der Waals surface area contributed by atoms with Crippen molar-refractivity contribution in [3.8, 4) is 0 Å². The maximum absolute atomic E-state index is 12.1. The van der Waals surface area contributed by atoms with Gasteiger partial charge in [-0.1, -0.05) is 23.7 Å². The highest BCUT2D eigenvalue weighted by Crippen LogP contribution is 2.21. The number of benzene rings is 2. The zero-order valence-corrected chi connectivity index (χ0v) is 12.0. The van der Waals surface area contributed by atoms with Crippen molar-refractivity contribution in [3.63, 3.8) is 0 Å². The van der Waals surface area contributed by atoms with Crippen LogP contribution in [0.15, 0.2) is 42.5 Å². The topological polar surface area (TPSA) is 46.2 Å². The van der Waals surface area contributed by atoms with Crippen LogP contribution >= 0.6 is 11.6 Å². The summed E-state index contributed by atoms with van der Waals surface area (Å²) in [6.07, 6.45) is 0. The lowest BCUT2D eigenvalue weighted by Crippen LogP contribution is -2.12. The Morgan fingerprint density at radius 3 is 2.30 bits per heavy atom. The highest BCUT2D eigenvalue weighted by atomic mass is 35.5. The van der Waals surface area contributed by atoms with E-state index < -0.39 is 0 Å². The fourth-order valence-electron chi connectivity index (χ4n) is 1.81. The number of carbonyl (C=O) groups is 2. The maximum Gasteiger partial charge on any atom is 0.257 e. The molecule has 0 radical (unpaired) electrons. The summed E-state index contributed by atoms with van der Waals surface area (Å²) in [6.45, 7) is 3.35. The van der Waals surface area contributed by atoms with E-state index in [1.54, 1.807) is 36.4 Å². The molecule has 0 saturated carbocycles. The minimum atomic E-state index is -0.269. The average molecular weight is 288 g/mol. The summed E-state index contributed by atoms with van der Waals surface area (Å²) in [5.41, 5.74) is 2.52. The molecule has 0 aromatic heterocycles. The second kappa shape index (κ2) is 5.88.